The number of rotatable bonds is 2. The van der Waals surface area contributed by atoms with Crippen LogP contribution >= 0.6 is 11.3 Å². The lowest BCUT2D eigenvalue weighted by Crippen LogP contribution is -2.45. The number of ether oxygens (including phenoxy) is 1. The Labute approximate surface area is 165 Å². The molecule has 0 aliphatic carbocycles. The van der Waals surface area contributed by atoms with E-state index in [-0.39, 0.29) is 11.7 Å². The van der Waals surface area contributed by atoms with E-state index in [1.807, 2.05) is 17.9 Å². The molecule has 0 bridgehead atoms. The summed E-state index contributed by atoms with van der Waals surface area (Å²) in [6, 6.07) is 6.53. The van der Waals surface area contributed by atoms with Crippen LogP contribution in [0.5, 0.6) is 0 Å². The number of nitrogens with zero attached hydrogens (tertiary/aromatic N) is 4. The Balaban J connectivity index is 1.40. The van der Waals surface area contributed by atoms with E-state index < -0.39 is 5.60 Å². The highest BCUT2D eigenvalue weighted by atomic mass is 32.1. The fourth-order valence-corrected chi connectivity index (χ4v) is 4.61. The molecule has 1 fully saturated rings. The molecule has 1 saturated heterocycles. The Bertz CT molecular complexity index is 1060. The van der Waals surface area contributed by atoms with Gasteiger partial charge in [0.25, 0.3) is 5.91 Å². The standard InChI is InChI=1S/C20H19FN4O2S/c1-13-23-16(10-28-13)19(26)24-6-5-20(11-24)12-25-17(8-22-18(25)9-27-20)14-3-2-4-15(21)7-14/h2-4,7-8,10H,5-6,9,11-12H2,1H3/t20-/m1/s1. The predicted octanol–water partition coefficient (Wildman–Crippen LogP) is 3.27. The molecule has 3 aromatic rings. The number of amides is 1. The Kier molecular flexibility index (Phi) is 4.06. The number of hydrogen-bond donors (Lipinski definition) is 0. The van der Waals surface area contributed by atoms with Crippen LogP contribution in [0.15, 0.2) is 35.8 Å². The molecule has 6 nitrogen and oxygen atoms in total. The van der Waals surface area contributed by atoms with Crippen LogP contribution < -0.4 is 0 Å². The second-order valence-corrected chi connectivity index (χ2v) is 8.42. The molecular formula is C20H19FN4O2S. The number of halogens is 1. The van der Waals surface area contributed by atoms with Crippen LogP contribution in [-0.4, -0.2) is 44.0 Å². The molecular weight excluding hydrogens is 379 g/mol. The second kappa shape index (κ2) is 6.49. The normalized spacial score (nSPS) is 21.3. The molecule has 0 unspecified atom stereocenters. The van der Waals surface area contributed by atoms with Crippen molar-refractivity contribution in [3.05, 3.63) is 58.2 Å². The largest absolute Gasteiger partial charge is 0.363 e. The molecule has 5 rings (SSSR count). The average molecular weight is 398 g/mol. The minimum absolute atomic E-state index is 0.0494. The third kappa shape index (κ3) is 2.93. The summed E-state index contributed by atoms with van der Waals surface area (Å²) in [6.07, 6.45) is 2.52. The van der Waals surface area contributed by atoms with Crippen LogP contribution in [0.3, 0.4) is 0 Å². The van der Waals surface area contributed by atoms with Crippen molar-refractivity contribution >= 4 is 17.2 Å². The smallest absolute Gasteiger partial charge is 0.273 e. The number of benzene rings is 1. The van der Waals surface area contributed by atoms with Crippen LogP contribution in [0.1, 0.15) is 27.7 Å². The molecule has 1 aromatic carbocycles. The number of carbonyl (C=O) groups is 1. The number of likely N-dealkylation sites (tertiary alicyclic amines) is 1. The third-order valence-corrected chi connectivity index (χ3v) is 6.23. The van der Waals surface area contributed by atoms with Crippen LogP contribution in [0, 0.1) is 12.7 Å². The summed E-state index contributed by atoms with van der Waals surface area (Å²) in [5.74, 6) is 0.502. The van der Waals surface area contributed by atoms with E-state index in [0.29, 0.717) is 31.9 Å². The average Bonchev–Trinajstić information content (AvgIpc) is 3.40. The van der Waals surface area contributed by atoms with Crippen LogP contribution in [0.4, 0.5) is 4.39 Å². The van der Waals surface area contributed by atoms with Crippen molar-refractivity contribution in [2.75, 3.05) is 13.1 Å². The zero-order chi connectivity index (χ0) is 19.3. The molecule has 8 heteroatoms. The lowest BCUT2D eigenvalue weighted by Gasteiger charge is -2.35. The topological polar surface area (TPSA) is 60.2 Å². The zero-order valence-corrected chi connectivity index (χ0v) is 16.2. The molecule has 1 amide bonds. The number of carbonyl (C=O) groups excluding carboxylic acids is 1. The van der Waals surface area contributed by atoms with E-state index >= 15 is 0 Å². The molecule has 2 aliphatic heterocycles. The van der Waals surface area contributed by atoms with Crippen molar-refractivity contribution in [3.63, 3.8) is 0 Å². The van der Waals surface area contributed by atoms with Gasteiger partial charge in [0.1, 0.15) is 29.5 Å². The summed E-state index contributed by atoms with van der Waals surface area (Å²) in [4.78, 5) is 23.3. The fourth-order valence-electron chi connectivity index (χ4n) is 4.02. The Morgan fingerprint density at radius 3 is 3.04 bits per heavy atom. The van der Waals surface area contributed by atoms with E-state index in [9.17, 15) is 9.18 Å². The van der Waals surface area contributed by atoms with Gasteiger partial charge in [-0.2, -0.15) is 0 Å². The predicted molar refractivity (Wildman–Crippen MR) is 103 cm³/mol. The fraction of sp³-hybridized carbons (Fsp3) is 0.350. The maximum absolute atomic E-state index is 13.7. The van der Waals surface area contributed by atoms with Crippen LogP contribution in [0.25, 0.3) is 11.3 Å². The molecule has 4 heterocycles. The Hall–Kier alpha value is -2.58. The molecule has 2 aromatic heterocycles. The van der Waals surface area contributed by atoms with Crippen molar-refractivity contribution in [3.8, 4) is 11.3 Å². The molecule has 1 atom stereocenters. The Morgan fingerprint density at radius 1 is 1.36 bits per heavy atom. The van der Waals surface area contributed by atoms with Gasteiger partial charge in [0, 0.05) is 17.5 Å². The van der Waals surface area contributed by atoms with Gasteiger partial charge in [-0.25, -0.2) is 14.4 Å². The van der Waals surface area contributed by atoms with E-state index in [1.165, 1.54) is 23.5 Å². The van der Waals surface area contributed by atoms with Gasteiger partial charge >= 0.3 is 0 Å². The van der Waals surface area contributed by atoms with Gasteiger partial charge in [-0.15, -0.1) is 11.3 Å². The van der Waals surface area contributed by atoms with Crippen molar-refractivity contribution < 1.29 is 13.9 Å². The number of imidazole rings is 1. The van der Waals surface area contributed by atoms with Crippen LogP contribution in [0.2, 0.25) is 0 Å². The lowest BCUT2D eigenvalue weighted by molar-refractivity contribution is -0.0804. The SMILES string of the molecule is Cc1nc(C(=O)N2CC[C@@]3(C2)Cn2c(-c4cccc(F)c4)cnc2CO3)cs1. The van der Waals surface area contributed by atoms with E-state index in [0.717, 1.165) is 28.5 Å². The van der Waals surface area contributed by atoms with E-state index in [2.05, 4.69) is 14.5 Å². The van der Waals surface area contributed by atoms with Gasteiger partial charge in [0.2, 0.25) is 0 Å². The van der Waals surface area contributed by atoms with Crippen molar-refractivity contribution in [1.29, 1.82) is 0 Å². The minimum Gasteiger partial charge on any atom is -0.363 e. The molecule has 144 valence electrons. The quantitative estimate of drug-likeness (QED) is 0.665. The highest BCUT2D eigenvalue weighted by Crippen LogP contribution is 2.35. The zero-order valence-electron chi connectivity index (χ0n) is 15.4. The van der Waals surface area contributed by atoms with Gasteiger partial charge < -0.3 is 14.2 Å². The second-order valence-electron chi connectivity index (χ2n) is 7.36. The van der Waals surface area contributed by atoms with Gasteiger partial charge in [-0.3, -0.25) is 4.79 Å². The lowest BCUT2D eigenvalue weighted by atomic mass is 10.0. The minimum atomic E-state index is -0.448. The van der Waals surface area contributed by atoms with Crippen molar-refractivity contribution in [2.24, 2.45) is 0 Å². The Morgan fingerprint density at radius 2 is 2.25 bits per heavy atom. The first-order valence-corrected chi connectivity index (χ1v) is 10.1. The summed E-state index contributed by atoms with van der Waals surface area (Å²) in [5.41, 5.74) is 1.71. The van der Waals surface area contributed by atoms with Crippen molar-refractivity contribution in [2.45, 2.75) is 32.1 Å². The monoisotopic (exact) mass is 398 g/mol. The first kappa shape index (κ1) is 17.5. The summed E-state index contributed by atoms with van der Waals surface area (Å²) < 4.78 is 22.0. The first-order chi connectivity index (χ1) is 13.5. The van der Waals surface area contributed by atoms with Gasteiger partial charge in [-0.1, -0.05) is 12.1 Å². The number of hydrogen-bond acceptors (Lipinski definition) is 5. The highest BCUT2D eigenvalue weighted by Gasteiger charge is 2.45. The maximum Gasteiger partial charge on any atom is 0.273 e. The molecule has 2 aliphatic rings. The summed E-state index contributed by atoms with van der Waals surface area (Å²) in [6.45, 7) is 4.02. The van der Waals surface area contributed by atoms with Gasteiger partial charge in [0.15, 0.2) is 0 Å². The summed E-state index contributed by atoms with van der Waals surface area (Å²) in [7, 11) is 0. The van der Waals surface area contributed by atoms with E-state index in [1.54, 1.807) is 17.6 Å². The number of aryl methyl sites for hydroxylation is 1. The summed E-state index contributed by atoms with van der Waals surface area (Å²) >= 11 is 1.48. The number of thiazole rings is 1. The highest BCUT2D eigenvalue weighted by molar-refractivity contribution is 7.09. The van der Waals surface area contributed by atoms with Crippen molar-refractivity contribution in [1.82, 2.24) is 19.4 Å². The number of fused-ring (bicyclic) bond motifs is 1. The van der Waals surface area contributed by atoms with Gasteiger partial charge in [0.05, 0.1) is 30.0 Å². The summed E-state index contributed by atoms with van der Waals surface area (Å²) in [5, 5.41) is 2.69. The molecule has 0 N–H and O–H groups in total. The van der Waals surface area contributed by atoms with Crippen LogP contribution in [-0.2, 0) is 17.9 Å². The molecule has 28 heavy (non-hydrogen) atoms. The first-order valence-electron chi connectivity index (χ1n) is 9.19. The molecule has 0 saturated carbocycles. The number of aromatic nitrogens is 3. The van der Waals surface area contributed by atoms with Gasteiger partial charge in [-0.05, 0) is 25.5 Å². The third-order valence-electron chi connectivity index (χ3n) is 5.45. The molecule has 0 radical (unpaired) electrons. The maximum atomic E-state index is 13.7. The van der Waals surface area contributed by atoms with E-state index in [4.69, 9.17) is 4.74 Å². The molecule has 1 spiro atoms.